The van der Waals surface area contributed by atoms with Crippen LogP contribution < -0.4 is 10.6 Å². The van der Waals surface area contributed by atoms with Crippen LogP contribution in [0.2, 0.25) is 0 Å². The lowest BCUT2D eigenvalue weighted by Crippen LogP contribution is -2.67. The van der Waals surface area contributed by atoms with Crippen LogP contribution in [-0.2, 0) is 14.3 Å². The Morgan fingerprint density at radius 3 is 2.24 bits per heavy atom. The van der Waals surface area contributed by atoms with Crippen molar-refractivity contribution in [2.45, 2.75) is 106 Å². The summed E-state index contributed by atoms with van der Waals surface area (Å²) in [6, 6.07) is -3.08. The second kappa shape index (κ2) is 12.7. The Morgan fingerprint density at radius 2 is 1.68 bits per heavy atom. The van der Waals surface area contributed by atoms with Crippen LogP contribution in [0.1, 0.15) is 26.7 Å². The minimum atomic E-state index is -1.59. The van der Waals surface area contributed by atoms with Gasteiger partial charge in [-0.05, 0) is 18.4 Å². The van der Waals surface area contributed by atoms with Crippen LogP contribution in [-0.4, -0.2) is 144 Å². The predicted molar refractivity (Wildman–Crippen MR) is 125 cm³/mol. The summed E-state index contributed by atoms with van der Waals surface area (Å²) in [5.74, 6) is -1.30. The van der Waals surface area contributed by atoms with Gasteiger partial charge in [-0.1, -0.05) is 13.0 Å². The molecule has 0 spiro atoms. The molecular formula is C23H40N2O12. The molecule has 1 saturated carbocycles. The number of nitrogens with one attached hydrogen (secondary N) is 2. The number of rotatable bonds is 8. The van der Waals surface area contributed by atoms with Gasteiger partial charge >= 0.3 is 0 Å². The van der Waals surface area contributed by atoms with E-state index in [9.17, 15) is 50.8 Å². The molecule has 1 amide bonds. The predicted octanol–water partition coefficient (Wildman–Crippen LogP) is -5.19. The Hall–Kier alpha value is -1.27. The fraction of sp³-hybridized carbons (Fsp3) is 0.870. The molecule has 1 heterocycles. The van der Waals surface area contributed by atoms with Gasteiger partial charge in [0.15, 0.2) is 6.29 Å². The molecule has 3 aliphatic rings. The molecule has 11 N–H and O–H groups in total. The molecule has 214 valence electrons. The standard InChI is InChI=1S/C23H40N2O12/c1-3-13-18(32)19(33)14(24-8(2)28)23(36-13)37-22-10(7-27)5-12(17(31)21(22)35)25-11-4-9(6-26)15(29)20(34)16(11)30/h4,10-23,25-27,29-35H,3,5-7H2,1-2H3,(H,24,28). The van der Waals surface area contributed by atoms with Crippen molar-refractivity contribution in [2.24, 2.45) is 5.92 Å². The number of carbonyl (C=O) groups excluding carboxylic acids is 1. The summed E-state index contributed by atoms with van der Waals surface area (Å²) in [6.45, 7) is 1.87. The number of hydrogen-bond acceptors (Lipinski definition) is 13. The first-order valence-corrected chi connectivity index (χ1v) is 12.5. The van der Waals surface area contributed by atoms with E-state index in [4.69, 9.17) is 9.47 Å². The smallest absolute Gasteiger partial charge is 0.217 e. The second-order valence-corrected chi connectivity index (χ2v) is 10.0. The lowest BCUT2D eigenvalue weighted by atomic mass is 9.78. The third-order valence-corrected chi connectivity index (χ3v) is 7.52. The Labute approximate surface area is 214 Å². The Balaban J connectivity index is 1.78. The Bertz CT molecular complexity index is 800. The highest BCUT2D eigenvalue weighted by atomic mass is 16.7. The number of ether oxygens (including phenoxy) is 2. The van der Waals surface area contributed by atoms with Gasteiger partial charge < -0.3 is 66.1 Å². The summed E-state index contributed by atoms with van der Waals surface area (Å²) >= 11 is 0. The van der Waals surface area contributed by atoms with E-state index in [2.05, 4.69) is 10.6 Å². The van der Waals surface area contributed by atoms with Crippen LogP contribution >= 0.6 is 0 Å². The summed E-state index contributed by atoms with van der Waals surface area (Å²) in [4.78, 5) is 11.7. The zero-order chi connectivity index (χ0) is 27.6. The summed E-state index contributed by atoms with van der Waals surface area (Å²) in [6.07, 6.45) is -12.0. The van der Waals surface area contributed by atoms with Gasteiger partial charge in [0.1, 0.15) is 42.7 Å². The normalized spacial score (nSPS) is 46.8. The molecule has 0 aromatic rings. The number of carbonyl (C=O) groups is 1. The summed E-state index contributed by atoms with van der Waals surface area (Å²) in [5, 5.41) is 98.1. The molecule has 2 fully saturated rings. The van der Waals surface area contributed by atoms with Gasteiger partial charge in [-0.3, -0.25) is 4.79 Å². The van der Waals surface area contributed by atoms with Crippen molar-refractivity contribution in [3.63, 3.8) is 0 Å². The number of amides is 1. The average molecular weight is 537 g/mol. The van der Waals surface area contributed by atoms with Crippen LogP contribution in [0.25, 0.3) is 0 Å². The SMILES string of the molecule is CCC1OC(OC2C(CO)CC(NC3C=C(CO)C(O)C(O)C3O)C(O)C2O)C(NC(C)=O)C(O)C1O. The molecular weight excluding hydrogens is 496 g/mol. The van der Waals surface area contributed by atoms with Gasteiger partial charge in [0.2, 0.25) is 5.91 Å². The summed E-state index contributed by atoms with van der Waals surface area (Å²) in [5.41, 5.74) is 0.0748. The highest BCUT2D eigenvalue weighted by molar-refractivity contribution is 5.73. The van der Waals surface area contributed by atoms with Crippen LogP contribution in [0, 0.1) is 5.92 Å². The maximum atomic E-state index is 11.7. The second-order valence-electron chi connectivity index (χ2n) is 10.0. The molecule has 1 aliphatic heterocycles. The van der Waals surface area contributed by atoms with Gasteiger partial charge in [0.05, 0.1) is 31.0 Å². The molecule has 0 bridgehead atoms. The van der Waals surface area contributed by atoms with Gasteiger partial charge in [-0.2, -0.15) is 0 Å². The first-order chi connectivity index (χ1) is 17.4. The molecule has 0 aromatic carbocycles. The van der Waals surface area contributed by atoms with Gasteiger partial charge in [-0.15, -0.1) is 0 Å². The first-order valence-electron chi connectivity index (χ1n) is 12.5. The quantitative estimate of drug-likeness (QED) is 0.130. The highest BCUT2D eigenvalue weighted by Crippen LogP contribution is 2.33. The Kier molecular flexibility index (Phi) is 10.4. The van der Waals surface area contributed by atoms with Crippen molar-refractivity contribution >= 4 is 5.91 Å². The molecule has 0 aromatic heterocycles. The van der Waals surface area contributed by atoms with E-state index in [1.807, 2.05) is 0 Å². The van der Waals surface area contributed by atoms with Crippen molar-refractivity contribution in [1.82, 2.24) is 10.6 Å². The zero-order valence-electron chi connectivity index (χ0n) is 20.7. The number of hydrogen-bond donors (Lipinski definition) is 11. The topological polar surface area (TPSA) is 242 Å². The Morgan fingerprint density at radius 1 is 1.00 bits per heavy atom. The van der Waals surface area contributed by atoms with Gasteiger partial charge in [-0.25, -0.2) is 0 Å². The minimum absolute atomic E-state index is 0.0312. The largest absolute Gasteiger partial charge is 0.396 e. The van der Waals surface area contributed by atoms with Crippen molar-refractivity contribution < 1.29 is 60.2 Å². The van der Waals surface area contributed by atoms with Gasteiger partial charge in [0.25, 0.3) is 0 Å². The fourth-order valence-electron chi connectivity index (χ4n) is 5.36. The van der Waals surface area contributed by atoms with Crippen molar-refractivity contribution in [3.05, 3.63) is 11.6 Å². The van der Waals surface area contributed by atoms with Crippen molar-refractivity contribution in [3.8, 4) is 0 Å². The molecule has 14 atom stereocenters. The monoisotopic (exact) mass is 536 g/mol. The van der Waals surface area contributed by atoms with Crippen LogP contribution in [0.3, 0.4) is 0 Å². The summed E-state index contributed by atoms with van der Waals surface area (Å²) in [7, 11) is 0. The van der Waals surface area contributed by atoms with E-state index in [-0.39, 0.29) is 12.0 Å². The summed E-state index contributed by atoms with van der Waals surface area (Å²) < 4.78 is 11.7. The van der Waals surface area contributed by atoms with E-state index in [1.165, 1.54) is 13.0 Å². The van der Waals surface area contributed by atoms with Gasteiger partial charge in [0, 0.05) is 25.5 Å². The zero-order valence-corrected chi connectivity index (χ0v) is 20.7. The molecule has 14 unspecified atom stereocenters. The van der Waals surface area contributed by atoms with E-state index >= 15 is 0 Å². The van der Waals surface area contributed by atoms with E-state index in [1.54, 1.807) is 6.92 Å². The minimum Gasteiger partial charge on any atom is -0.396 e. The number of aliphatic hydroxyl groups excluding tert-OH is 9. The van der Waals surface area contributed by atoms with Crippen molar-refractivity contribution in [2.75, 3.05) is 13.2 Å². The molecule has 14 nitrogen and oxygen atoms in total. The molecule has 37 heavy (non-hydrogen) atoms. The highest BCUT2D eigenvalue weighted by Gasteiger charge is 2.51. The van der Waals surface area contributed by atoms with Crippen LogP contribution in [0.15, 0.2) is 11.6 Å². The average Bonchev–Trinajstić information content (AvgIpc) is 2.87. The van der Waals surface area contributed by atoms with E-state index in [0.29, 0.717) is 6.42 Å². The van der Waals surface area contributed by atoms with Crippen LogP contribution in [0.4, 0.5) is 0 Å². The third-order valence-electron chi connectivity index (χ3n) is 7.52. The maximum absolute atomic E-state index is 11.7. The molecule has 1 saturated heterocycles. The van der Waals surface area contributed by atoms with E-state index in [0.717, 1.165) is 0 Å². The maximum Gasteiger partial charge on any atom is 0.217 e. The lowest BCUT2D eigenvalue weighted by molar-refractivity contribution is -0.300. The third kappa shape index (κ3) is 6.32. The fourth-order valence-corrected chi connectivity index (χ4v) is 5.36. The molecule has 0 radical (unpaired) electrons. The first kappa shape index (κ1) is 30.3. The molecule has 2 aliphatic carbocycles. The number of aliphatic hydroxyl groups is 9. The van der Waals surface area contributed by atoms with Crippen LogP contribution in [0.5, 0.6) is 0 Å². The molecule has 3 rings (SSSR count). The van der Waals surface area contributed by atoms with Crippen molar-refractivity contribution in [1.29, 1.82) is 0 Å². The molecule has 14 heteroatoms. The van der Waals surface area contributed by atoms with E-state index < -0.39 is 104 Å². The lowest BCUT2D eigenvalue weighted by Gasteiger charge is -2.48.